The fourth-order valence-corrected chi connectivity index (χ4v) is 3.10. The molecule has 1 unspecified atom stereocenters. The molecule has 1 aliphatic rings. The van der Waals surface area contributed by atoms with Gasteiger partial charge >= 0.3 is 0 Å². The summed E-state index contributed by atoms with van der Waals surface area (Å²) in [5.41, 5.74) is 1.39. The first-order valence-corrected chi connectivity index (χ1v) is 7.03. The van der Waals surface area contributed by atoms with Gasteiger partial charge in [-0.15, -0.1) is 11.8 Å². The van der Waals surface area contributed by atoms with Crippen LogP contribution in [0.15, 0.2) is 23.1 Å². The molecule has 1 fully saturated rings. The van der Waals surface area contributed by atoms with Crippen molar-refractivity contribution in [1.29, 1.82) is 0 Å². The highest BCUT2D eigenvalue weighted by Crippen LogP contribution is 2.36. The molecule has 1 aromatic rings. The van der Waals surface area contributed by atoms with Crippen LogP contribution in [0, 0.1) is 0 Å². The lowest BCUT2D eigenvalue weighted by Gasteiger charge is -2.26. The van der Waals surface area contributed by atoms with Crippen LogP contribution >= 0.6 is 11.8 Å². The Morgan fingerprint density at radius 3 is 2.88 bits per heavy atom. The number of ether oxygens (including phenoxy) is 1. The van der Waals surface area contributed by atoms with Crippen LogP contribution in [0.3, 0.4) is 0 Å². The quantitative estimate of drug-likeness (QED) is 0.816. The van der Waals surface area contributed by atoms with Crippen molar-refractivity contribution in [3.05, 3.63) is 23.8 Å². The first-order chi connectivity index (χ1) is 7.86. The molecule has 16 heavy (non-hydrogen) atoms. The van der Waals surface area contributed by atoms with Crippen molar-refractivity contribution in [2.24, 2.45) is 0 Å². The molecule has 1 N–H and O–H groups in total. The first kappa shape index (κ1) is 11.8. The van der Waals surface area contributed by atoms with Crippen molar-refractivity contribution in [3.8, 4) is 5.75 Å². The second kappa shape index (κ2) is 5.60. The van der Waals surface area contributed by atoms with Crippen molar-refractivity contribution >= 4 is 11.8 Å². The lowest BCUT2D eigenvalue weighted by atomic mass is 9.97. The summed E-state index contributed by atoms with van der Waals surface area (Å²) >= 11 is 1.78. The maximum atomic E-state index is 5.42. The second-order valence-corrected chi connectivity index (χ2v) is 4.90. The summed E-state index contributed by atoms with van der Waals surface area (Å²) in [4.78, 5) is 1.28. The average molecular weight is 237 g/mol. The molecule has 0 spiro atoms. The second-order valence-electron chi connectivity index (χ2n) is 4.09. The monoisotopic (exact) mass is 237 g/mol. The summed E-state index contributed by atoms with van der Waals surface area (Å²) in [7, 11) is 1.74. The summed E-state index contributed by atoms with van der Waals surface area (Å²) in [6.07, 6.45) is 5.97. The summed E-state index contributed by atoms with van der Waals surface area (Å²) in [5, 5.41) is 3.59. The van der Waals surface area contributed by atoms with Crippen LogP contribution in [0.2, 0.25) is 0 Å². The topological polar surface area (TPSA) is 21.3 Å². The van der Waals surface area contributed by atoms with E-state index in [-0.39, 0.29) is 0 Å². The van der Waals surface area contributed by atoms with Gasteiger partial charge in [0, 0.05) is 6.04 Å². The lowest BCUT2D eigenvalue weighted by Crippen LogP contribution is -2.27. The van der Waals surface area contributed by atoms with Crippen LogP contribution in [0.25, 0.3) is 0 Å². The SMILES string of the molecule is COc1cccc(C2CCCCN2)c1SC. The third-order valence-corrected chi connectivity index (χ3v) is 3.96. The molecule has 0 saturated carbocycles. The third kappa shape index (κ3) is 2.36. The van der Waals surface area contributed by atoms with Gasteiger partial charge in [-0.3, -0.25) is 0 Å². The molecule has 0 amide bonds. The van der Waals surface area contributed by atoms with Crippen molar-refractivity contribution in [1.82, 2.24) is 5.32 Å². The van der Waals surface area contributed by atoms with Crippen molar-refractivity contribution in [3.63, 3.8) is 0 Å². The van der Waals surface area contributed by atoms with E-state index in [0.29, 0.717) is 6.04 Å². The molecule has 88 valence electrons. The Morgan fingerprint density at radius 2 is 2.25 bits per heavy atom. The van der Waals surface area contributed by atoms with Gasteiger partial charge in [0.1, 0.15) is 5.75 Å². The van der Waals surface area contributed by atoms with Crippen molar-refractivity contribution in [2.75, 3.05) is 19.9 Å². The van der Waals surface area contributed by atoms with Gasteiger partial charge in [0.25, 0.3) is 0 Å². The Labute approximate surface area is 102 Å². The van der Waals surface area contributed by atoms with Crippen LogP contribution in [-0.4, -0.2) is 19.9 Å². The Hall–Kier alpha value is -0.670. The molecule has 1 aromatic carbocycles. The molecule has 0 aliphatic carbocycles. The number of methoxy groups -OCH3 is 1. The molecule has 0 radical (unpaired) electrons. The van der Waals surface area contributed by atoms with Crippen LogP contribution in [-0.2, 0) is 0 Å². The van der Waals surface area contributed by atoms with Gasteiger partial charge in [-0.05, 0) is 37.3 Å². The third-order valence-electron chi connectivity index (χ3n) is 3.12. The van der Waals surface area contributed by atoms with Gasteiger partial charge in [0.2, 0.25) is 0 Å². The largest absolute Gasteiger partial charge is 0.496 e. The predicted molar refractivity (Wildman–Crippen MR) is 69.4 cm³/mol. The Bertz CT molecular complexity index is 348. The Morgan fingerprint density at radius 1 is 1.38 bits per heavy atom. The number of nitrogens with one attached hydrogen (secondary N) is 1. The zero-order valence-corrected chi connectivity index (χ0v) is 10.8. The zero-order chi connectivity index (χ0) is 11.4. The molecule has 3 heteroatoms. The number of hydrogen-bond acceptors (Lipinski definition) is 3. The molecule has 1 heterocycles. The van der Waals surface area contributed by atoms with Crippen LogP contribution in [0.1, 0.15) is 30.9 Å². The highest BCUT2D eigenvalue weighted by atomic mass is 32.2. The minimum Gasteiger partial charge on any atom is -0.496 e. The molecule has 2 rings (SSSR count). The van der Waals surface area contributed by atoms with E-state index in [9.17, 15) is 0 Å². The predicted octanol–water partition coefficient (Wildman–Crippen LogP) is 3.23. The van der Waals surface area contributed by atoms with E-state index in [1.54, 1.807) is 18.9 Å². The highest BCUT2D eigenvalue weighted by molar-refractivity contribution is 7.98. The van der Waals surface area contributed by atoms with E-state index in [2.05, 4.69) is 23.7 Å². The fraction of sp³-hybridized carbons (Fsp3) is 0.538. The van der Waals surface area contributed by atoms with Gasteiger partial charge < -0.3 is 10.1 Å². The summed E-state index contributed by atoms with van der Waals surface area (Å²) in [5.74, 6) is 0.998. The van der Waals surface area contributed by atoms with Crippen LogP contribution in [0.4, 0.5) is 0 Å². The van der Waals surface area contributed by atoms with E-state index in [4.69, 9.17) is 4.74 Å². The van der Waals surface area contributed by atoms with Gasteiger partial charge in [-0.1, -0.05) is 18.6 Å². The highest BCUT2D eigenvalue weighted by Gasteiger charge is 2.19. The van der Waals surface area contributed by atoms with E-state index in [1.165, 1.54) is 29.7 Å². The van der Waals surface area contributed by atoms with E-state index in [1.807, 2.05) is 6.07 Å². The van der Waals surface area contributed by atoms with E-state index in [0.717, 1.165) is 12.3 Å². The first-order valence-electron chi connectivity index (χ1n) is 5.81. The minimum atomic E-state index is 0.506. The van der Waals surface area contributed by atoms with Gasteiger partial charge in [0.05, 0.1) is 12.0 Å². The van der Waals surface area contributed by atoms with Gasteiger partial charge in [0.15, 0.2) is 0 Å². The molecule has 1 atom stereocenters. The van der Waals surface area contributed by atoms with Crippen LogP contribution < -0.4 is 10.1 Å². The molecule has 0 aromatic heterocycles. The molecule has 1 aliphatic heterocycles. The normalized spacial score (nSPS) is 20.8. The summed E-state index contributed by atoms with van der Waals surface area (Å²) < 4.78 is 5.42. The minimum absolute atomic E-state index is 0.506. The number of benzene rings is 1. The van der Waals surface area contributed by atoms with E-state index < -0.39 is 0 Å². The smallest absolute Gasteiger partial charge is 0.132 e. The van der Waals surface area contributed by atoms with Crippen molar-refractivity contribution in [2.45, 2.75) is 30.2 Å². The number of thioether (sulfide) groups is 1. The zero-order valence-electron chi connectivity index (χ0n) is 9.95. The Kier molecular flexibility index (Phi) is 4.13. The van der Waals surface area contributed by atoms with Crippen LogP contribution in [0.5, 0.6) is 5.75 Å². The van der Waals surface area contributed by atoms with Gasteiger partial charge in [-0.2, -0.15) is 0 Å². The van der Waals surface area contributed by atoms with E-state index >= 15 is 0 Å². The average Bonchev–Trinajstić information content (AvgIpc) is 2.38. The molecule has 1 saturated heterocycles. The molecule has 2 nitrogen and oxygen atoms in total. The molecule has 0 bridgehead atoms. The number of rotatable bonds is 3. The number of piperidine rings is 1. The summed E-state index contributed by atoms with van der Waals surface area (Å²) in [6.45, 7) is 1.13. The molecular formula is C13H19NOS. The maximum Gasteiger partial charge on any atom is 0.132 e. The molecular weight excluding hydrogens is 218 g/mol. The Balaban J connectivity index is 2.30. The number of hydrogen-bond donors (Lipinski definition) is 1. The fourth-order valence-electron chi connectivity index (χ4n) is 2.30. The maximum absolute atomic E-state index is 5.42. The standard InChI is InChI=1S/C13H19NOS/c1-15-12-8-5-6-10(13(12)16-2)11-7-3-4-9-14-11/h5-6,8,11,14H,3-4,7,9H2,1-2H3. The summed E-state index contributed by atoms with van der Waals surface area (Å²) in [6, 6.07) is 6.85. The van der Waals surface area contributed by atoms with Crippen molar-refractivity contribution < 1.29 is 4.74 Å². The van der Waals surface area contributed by atoms with Gasteiger partial charge in [-0.25, -0.2) is 0 Å². The lowest BCUT2D eigenvalue weighted by molar-refractivity contribution is 0.387.